The number of benzene rings is 1. The van der Waals surface area contributed by atoms with Crippen molar-refractivity contribution in [2.75, 3.05) is 0 Å². The van der Waals surface area contributed by atoms with E-state index in [4.69, 9.17) is 0 Å². The van der Waals surface area contributed by atoms with E-state index in [-0.39, 0.29) is 5.56 Å². The molecule has 2 nitrogen and oxygen atoms in total. The van der Waals surface area contributed by atoms with Gasteiger partial charge in [-0.25, -0.2) is 0 Å². The second-order valence-corrected chi connectivity index (χ2v) is 3.90. The van der Waals surface area contributed by atoms with Crippen molar-refractivity contribution in [1.82, 2.24) is 4.98 Å². The van der Waals surface area contributed by atoms with Crippen LogP contribution in [-0.4, -0.2) is 4.98 Å². The molecule has 0 aliphatic rings. The van der Waals surface area contributed by atoms with Gasteiger partial charge in [0.1, 0.15) is 0 Å². The van der Waals surface area contributed by atoms with E-state index in [0.29, 0.717) is 0 Å². The minimum Gasteiger partial charge on any atom is -0.322 e. The molecule has 2 aromatic rings. The normalized spacial score (nSPS) is 10.7. The molecule has 0 saturated heterocycles. The molecule has 0 atom stereocenters. The van der Waals surface area contributed by atoms with Crippen LogP contribution in [0.1, 0.15) is 11.1 Å². The number of nitrogens with one attached hydrogen (secondary N) is 1. The Morgan fingerprint density at radius 1 is 1.36 bits per heavy atom. The van der Waals surface area contributed by atoms with Gasteiger partial charge in [-0.05, 0) is 30.0 Å². The second kappa shape index (κ2) is 3.58. The van der Waals surface area contributed by atoms with Gasteiger partial charge in [-0.1, -0.05) is 28.1 Å². The zero-order chi connectivity index (χ0) is 10.1. The van der Waals surface area contributed by atoms with E-state index in [1.54, 1.807) is 0 Å². The first-order valence-corrected chi connectivity index (χ1v) is 5.51. The summed E-state index contributed by atoms with van der Waals surface area (Å²) in [5.41, 5.74) is 2.81. The highest BCUT2D eigenvalue weighted by atomic mass is 79.9. The monoisotopic (exact) mass is 251 g/mol. The van der Waals surface area contributed by atoms with Gasteiger partial charge >= 0.3 is 0 Å². The Morgan fingerprint density at radius 3 is 2.86 bits per heavy atom. The summed E-state index contributed by atoms with van der Waals surface area (Å²) >= 11 is 3.38. The number of hydrogen-bond donors (Lipinski definition) is 1. The molecule has 0 bridgehead atoms. The van der Waals surface area contributed by atoms with Crippen LogP contribution in [0, 0.1) is 6.92 Å². The SMILES string of the molecule is Cc1cc2ccc(CBr)cc2[nH]c1=O. The van der Waals surface area contributed by atoms with Crippen LogP contribution in [0.25, 0.3) is 10.9 Å². The van der Waals surface area contributed by atoms with Crippen LogP contribution in [0.5, 0.6) is 0 Å². The molecule has 1 N–H and O–H groups in total. The van der Waals surface area contributed by atoms with Gasteiger partial charge in [-0.2, -0.15) is 0 Å². The smallest absolute Gasteiger partial charge is 0.251 e. The third kappa shape index (κ3) is 1.60. The maximum Gasteiger partial charge on any atom is 0.251 e. The van der Waals surface area contributed by atoms with Crippen molar-refractivity contribution in [1.29, 1.82) is 0 Å². The van der Waals surface area contributed by atoms with Crippen LogP contribution in [-0.2, 0) is 5.33 Å². The van der Waals surface area contributed by atoms with E-state index >= 15 is 0 Å². The average Bonchev–Trinajstić information content (AvgIpc) is 2.19. The molecular formula is C11H10BrNO. The lowest BCUT2D eigenvalue weighted by atomic mass is 10.1. The van der Waals surface area contributed by atoms with Gasteiger partial charge in [0, 0.05) is 16.4 Å². The molecule has 2 rings (SSSR count). The molecule has 0 radical (unpaired) electrons. The maximum atomic E-state index is 11.4. The summed E-state index contributed by atoms with van der Waals surface area (Å²) in [5.74, 6) is 0. The van der Waals surface area contributed by atoms with Crippen LogP contribution in [0.3, 0.4) is 0 Å². The predicted molar refractivity (Wildman–Crippen MR) is 61.9 cm³/mol. The lowest BCUT2D eigenvalue weighted by molar-refractivity contribution is 1.23. The lowest BCUT2D eigenvalue weighted by Gasteiger charge is -2.01. The highest BCUT2D eigenvalue weighted by molar-refractivity contribution is 9.08. The first-order chi connectivity index (χ1) is 6.70. The molecule has 1 heterocycles. The number of alkyl halides is 1. The van der Waals surface area contributed by atoms with Gasteiger partial charge in [-0.3, -0.25) is 4.79 Å². The van der Waals surface area contributed by atoms with Crippen LogP contribution in [0.15, 0.2) is 29.1 Å². The van der Waals surface area contributed by atoms with Gasteiger partial charge in [0.25, 0.3) is 5.56 Å². The van der Waals surface area contributed by atoms with E-state index in [2.05, 4.69) is 27.0 Å². The van der Waals surface area contributed by atoms with Crippen LogP contribution in [0.2, 0.25) is 0 Å². The van der Waals surface area contributed by atoms with Crippen molar-refractivity contribution in [3.8, 4) is 0 Å². The second-order valence-electron chi connectivity index (χ2n) is 3.34. The maximum absolute atomic E-state index is 11.4. The number of hydrogen-bond acceptors (Lipinski definition) is 1. The number of aryl methyl sites for hydroxylation is 1. The fourth-order valence-corrected chi connectivity index (χ4v) is 1.79. The predicted octanol–water partition coefficient (Wildman–Crippen LogP) is 2.73. The Bertz CT molecular complexity index is 530. The molecule has 72 valence electrons. The van der Waals surface area contributed by atoms with Crippen molar-refractivity contribution < 1.29 is 0 Å². The Morgan fingerprint density at radius 2 is 2.14 bits per heavy atom. The Balaban J connectivity index is 2.77. The van der Waals surface area contributed by atoms with E-state index in [1.807, 2.05) is 25.1 Å². The number of pyridine rings is 1. The zero-order valence-electron chi connectivity index (χ0n) is 7.80. The van der Waals surface area contributed by atoms with Crippen molar-refractivity contribution in [3.05, 3.63) is 45.7 Å². The molecule has 0 amide bonds. The highest BCUT2D eigenvalue weighted by Crippen LogP contribution is 2.14. The van der Waals surface area contributed by atoms with E-state index in [0.717, 1.165) is 27.4 Å². The number of halogens is 1. The van der Waals surface area contributed by atoms with E-state index in [9.17, 15) is 4.79 Å². The number of fused-ring (bicyclic) bond motifs is 1. The summed E-state index contributed by atoms with van der Waals surface area (Å²) in [6, 6.07) is 7.97. The quantitative estimate of drug-likeness (QED) is 0.777. The number of aromatic nitrogens is 1. The van der Waals surface area contributed by atoms with Gasteiger partial charge in [0.05, 0.1) is 0 Å². The Kier molecular flexibility index (Phi) is 2.42. The Hall–Kier alpha value is -1.09. The molecule has 1 aromatic carbocycles. The largest absolute Gasteiger partial charge is 0.322 e. The zero-order valence-corrected chi connectivity index (χ0v) is 9.39. The topological polar surface area (TPSA) is 32.9 Å². The lowest BCUT2D eigenvalue weighted by Crippen LogP contribution is -2.08. The first kappa shape index (κ1) is 9.46. The number of rotatable bonds is 1. The molecular weight excluding hydrogens is 242 g/mol. The molecule has 0 aliphatic carbocycles. The minimum absolute atomic E-state index is 0.00998. The fourth-order valence-electron chi connectivity index (χ4n) is 1.44. The summed E-state index contributed by atoms with van der Waals surface area (Å²) < 4.78 is 0. The summed E-state index contributed by atoms with van der Waals surface area (Å²) in [6.45, 7) is 1.82. The molecule has 0 spiro atoms. The molecule has 0 saturated carbocycles. The first-order valence-electron chi connectivity index (χ1n) is 4.39. The molecule has 0 unspecified atom stereocenters. The van der Waals surface area contributed by atoms with E-state index < -0.39 is 0 Å². The summed E-state index contributed by atoms with van der Waals surface area (Å²) in [4.78, 5) is 14.2. The highest BCUT2D eigenvalue weighted by Gasteiger charge is 1.99. The van der Waals surface area contributed by atoms with Crippen LogP contribution in [0.4, 0.5) is 0 Å². The third-order valence-corrected chi connectivity index (χ3v) is 2.90. The average molecular weight is 252 g/mol. The van der Waals surface area contributed by atoms with Crippen molar-refractivity contribution in [2.24, 2.45) is 0 Å². The molecule has 0 aliphatic heterocycles. The van der Waals surface area contributed by atoms with Crippen molar-refractivity contribution in [2.45, 2.75) is 12.3 Å². The standard InChI is InChI=1S/C11H10BrNO/c1-7-4-9-3-2-8(6-12)5-10(9)13-11(7)14/h2-5H,6H2,1H3,(H,13,14). The van der Waals surface area contributed by atoms with Gasteiger partial charge in [0.2, 0.25) is 0 Å². The molecule has 0 fully saturated rings. The number of aromatic amines is 1. The van der Waals surface area contributed by atoms with Crippen LogP contribution < -0.4 is 5.56 Å². The van der Waals surface area contributed by atoms with Crippen molar-refractivity contribution in [3.63, 3.8) is 0 Å². The number of H-pyrrole nitrogens is 1. The molecule has 1 aromatic heterocycles. The van der Waals surface area contributed by atoms with Crippen LogP contribution >= 0.6 is 15.9 Å². The fraction of sp³-hybridized carbons (Fsp3) is 0.182. The summed E-state index contributed by atoms with van der Waals surface area (Å²) in [6.07, 6.45) is 0. The molecule has 3 heteroatoms. The Labute approximate surface area is 90.1 Å². The third-order valence-electron chi connectivity index (χ3n) is 2.25. The van der Waals surface area contributed by atoms with Gasteiger partial charge < -0.3 is 4.98 Å². The summed E-state index contributed by atoms with van der Waals surface area (Å²) in [7, 11) is 0. The summed E-state index contributed by atoms with van der Waals surface area (Å²) in [5, 5.41) is 1.88. The van der Waals surface area contributed by atoms with Gasteiger partial charge in [-0.15, -0.1) is 0 Å². The van der Waals surface area contributed by atoms with Gasteiger partial charge in [0.15, 0.2) is 0 Å². The minimum atomic E-state index is -0.00998. The van der Waals surface area contributed by atoms with Crippen molar-refractivity contribution >= 4 is 26.8 Å². The molecule has 14 heavy (non-hydrogen) atoms. The van der Waals surface area contributed by atoms with E-state index in [1.165, 1.54) is 0 Å².